The second-order valence-corrected chi connectivity index (χ2v) is 12.1. The third-order valence-electron chi connectivity index (χ3n) is 6.39. The van der Waals surface area contributed by atoms with E-state index < -0.39 is 10.0 Å². The molecule has 0 aliphatic carbocycles. The summed E-state index contributed by atoms with van der Waals surface area (Å²) in [6.45, 7) is 5.78. The van der Waals surface area contributed by atoms with Gasteiger partial charge in [0.1, 0.15) is 11.5 Å². The van der Waals surface area contributed by atoms with Gasteiger partial charge in [-0.25, -0.2) is 13.4 Å². The summed E-state index contributed by atoms with van der Waals surface area (Å²) in [5, 5.41) is 0.518. The molecule has 37 heavy (non-hydrogen) atoms. The van der Waals surface area contributed by atoms with Crippen LogP contribution in [0.5, 0.6) is 5.75 Å². The number of sulfonamides is 1. The number of carbonyl (C=O) groups is 1. The van der Waals surface area contributed by atoms with E-state index in [1.54, 1.807) is 39.7 Å². The molecule has 2 aromatic carbocycles. The second-order valence-electron chi connectivity index (χ2n) is 9.16. The van der Waals surface area contributed by atoms with Crippen molar-refractivity contribution in [3.63, 3.8) is 0 Å². The lowest BCUT2D eigenvalue weighted by atomic mass is 10.0. The lowest BCUT2D eigenvalue weighted by molar-refractivity contribution is 0.0983. The van der Waals surface area contributed by atoms with Crippen LogP contribution in [0.25, 0.3) is 10.2 Å². The first-order chi connectivity index (χ1) is 17.8. The van der Waals surface area contributed by atoms with Gasteiger partial charge in [0.15, 0.2) is 5.13 Å². The molecule has 1 fully saturated rings. The fraction of sp³-hybridized carbons (Fsp3) is 0.333. The van der Waals surface area contributed by atoms with E-state index in [9.17, 15) is 13.2 Å². The third kappa shape index (κ3) is 5.41. The molecule has 0 bridgehead atoms. The number of piperidine rings is 1. The van der Waals surface area contributed by atoms with Crippen LogP contribution in [0.3, 0.4) is 0 Å². The number of amides is 1. The number of nitrogens with zero attached hydrogens (tertiary/aromatic N) is 3. The SMILES string of the molecule is CCOc1ccc2nc(N(Cc3ccco3)C(=O)c3ccc(S(=O)(=O)N4CCCC(C)C4)cc3)sc2c1. The van der Waals surface area contributed by atoms with Crippen LogP contribution in [-0.4, -0.2) is 43.3 Å². The quantitative estimate of drug-likeness (QED) is 0.291. The highest BCUT2D eigenvalue weighted by atomic mass is 32.2. The van der Waals surface area contributed by atoms with Crippen LogP contribution < -0.4 is 9.64 Å². The normalized spacial score (nSPS) is 16.6. The predicted octanol–water partition coefficient (Wildman–Crippen LogP) is 5.56. The molecule has 0 radical (unpaired) electrons. The highest BCUT2D eigenvalue weighted by molar-refractivity contribution is 7.89. The van der Waals surface area contributed by atoms with Crippen LogP contribution >= 0.6 is 11.3 Å². The van der Waals surface area contributed by atoms with Gasteiger partial charge in [-0.05, 0) is 80.3 Å². The summed E-state index contributed by atoms with van der Waals surface area (Å²) in [6.07, 6.45) is 3.45. The number of rotatable bonds is 8. The molecule has 1 unspecified atom stereocenters. The molecule has 3 heterocycles. The van der Waals surface area contributed by atoms with Gasteiger partial charge in [-0.1, -0.05) is 18.3 Å². The minimum absolute atomic E-state index is 0.190. The highest BCUT2D eigenvalue weighted by Gasteiger charge is 2.29. The maximum atomic E-state index is 13.7. The van der Waals surface area contributed by atoms with Crippen molar-refractivity contribution in [2.45, 2.75) is 38.1 Å². The van der Waals surface area contributed by atoms with Crippen LogP contribution in [0.4, 0.5) is 5.13 Å². The van der Waals surface area contributed by atoms with Crippen LogP contribution in [0.1, 0.15) is 42.8 Å². The fourth-order valence-corrected chi connectivity index (χ4v) is 7.08. The Morgan fingerprint density at radius 1 is 1.22 bits per heavy atom. The van der Waals surface area contributed by atoms with Crippen LogP contribution in [0.2, 0.25) is 0 Å². The summed E-state index contributed by atoms with van der Waals surface area (Å²) in [6, 6.07) is 15.4. The van der Waals surface area contributed by atoms with Gasteiger partial charge in [0.2, 0.25) is 10.0 Å². The first-order valence-corrected chi connectivity index (χ1v) is 14.6. The van der Waals surface area contributed by atoms with Crippen molar-refractivity contribution in [3.8, 4) is 5.75 Å². The van der Waals surface area contributed by atoms with E-state index in [2.05, 4.69) is 6.92 Å². The number of thiazole rings is 1. The molecule has 1 aliphatic rings. The molecule has 1 aliphatic heterocycles. The molecule has 2 aromatic heterocycles. The number of ether oxygens (including phenoxy) is 1. The van der Waals surface area contributed by atoms with E-state index in [1.165, 1.54) is 23.5 Å². The van der Waals surface area contributed by atoms with Gasteiger partial charge >= 0.3 is 0 Å². The number of fused-ring (bicyclic) bond motifs is 1. The lowest BCUT2D eigenvalue weighted by Gasteiger charge is -2.30. The summed E-state index contributed by atoms with van der Waals surface area (Å²) in [5.41, 5.74) is 1.13. The minimum atomic E-state index is -3.61. The number of anilines is 1. The number of aromatic nitrogens is 1. The monoisotopic (exact) mass is 539 g/mol. The molecule has 1 atom stereocenters. The maximum Gasteiger partial charge on any atom is 0.260 e. The van der Waals surface area contributed by atoms with Gasteiger partial charge in [0.05, 0.1) is 34.5 Å². The van der Waals surface area contributed by atoms with Gasteiger partial charge in [-0.3, -0.25) is 9.69 Å². The molecular formula is C27H29N3O5S2. The molecule has 10 heteroatoms. The standard InChI is InChI=1S/C27H29N3O5S2/c1-3-34-21-10-13-24-25(16-21)36-27(28-24)30(18-22-7-5-15-35-22)26(31)20-8-11-23(12-9-20)37(32,33)29-14-4-6-19(2)17-29/h5,7-13,15-16,19H,3-4,6,14,17-18H2,1-2H3. The highest BCUT2D eigenvalue weighted by Crippen LogP contribution is 2.33. The Balaban J connectivity index is 1.44. The summed E-state index contributed by atoms with van der Waals surface area (Å²) in [5.74, 6) is 1.39. The summed E-state index contributed by atoms with van der Waals surface area (Å²) in [4.78, 5) is 20.1. The molecular weight excluding hydrogens is 510 g/mol. The zero-order chi connectivity index (χ0) is 26.0. The smallest absolute Gasteiger partial charge is 0.260 e. The third-order valence-corrected chi connectivity index (χ3v) is 9.31. The molecule has 0 N–H and O–H groups in total. The molecule has 0 spiro atoms. The first-order valence-electron chi connectivity index (χ1n) is 12.3. The van der Waals surface area contributed by atoms with Crippen molar-refractivity contribution in [1.29, 1.82) is 0 Å². The molecule has 1 saturated heterocycles. The minimum Gasteiger partial charge on any atom is -0.494 e. The number of carbonyl (C=O) groups excluding carboxylic acids is 1. The van der Waals surface area contributed by atoms with Crippen LogP contribution in [-0.2, 0) is 16.6 Å². The zero-order valence-corrected chi connectivity index (χ0v) is 22.4. The van der Waals surface area contributed by atoms with E-state index >= 15 is 0 Å². The maximum absolute atomic E-state index is 13.7. The Morgan fingerprint density at radius 3 is 2.73 bits per heavy atom. The fourth-order valence-electron chi connectivity index (χ4n) is 4.49. The predicted molar refractivity (Wildman–Crippen MR) is 144 cm³/mol. The van der Waals surface area contributed by atoms with Crippen molar-refractivity contribution in [2.75, 3.05) is 24.6 Å². The Labute approximate surface area is 220 Å². The Morgan fingerprint density at radius 2 is 2.03 bits per heavy atom. The van der Waals surface area contributed by atoms with Crippen molar-refractivity contribution < 1.29 is 22.4 Å². The van der Waals surface area contributed by atoms with E-state index in [0.717, 1.165) is 28.8 Å². The molecule has 4 aromatic rings. The first kappa shape index (κ1) is 25.4. The van der Waals surface area contributed by atoms with Gasteiger partial charge in [-0.15, -0.1) is 0 Å². The van der Waals surface area contributed by atoms with E-state index in [4.69, 9.17) is 14.1 Å². The van der Waals surface area contributed by atoms with E-state index in [-0.39, 0.29) is 17.3 Å². The topological polar surface area (TPSA) is 93.0 Å². The lowest BCUT2D eigenvalue weighted by Crippen LogP contribution is -2.39. The Kier molecular flexibility index (Phi) is 7.32. The average molecular weight is 540 g/mol. The van der Waals surface area contributed by atoms with Crippen molar-refractivity contribution >= 4 is 42.6 Å². The summed E-state index contributed by atoms with van der Waals surface area (Å²) >= 11 is 1.39. The molecule has 1 amide bonds. The zero-order valence-electron chi connectivity index (χ0n) is 20.8. The van der Waals surface area contributed by atoms with E-state index in [0.29, 0.717) is 42.1 Å². The summed E-state index contributed by atoms with van der Waals surface area (Å²) in [7, 11) is -3.61. The van der Waals surface area contributed by atoms with Gasteiger partial charge in [-0.2, -0.15) is 4.31 Å². The number of hydrogen-bond donors (Lipinski definition) is 0. The van der Waals surface area contributed by atoms with Gasteiger partial charge in [0, 0.05) is 18.7 Å². The van der Waals surface area contributed by atoms with Crippen molar-refractivity contribution in [1.82, 2.24) is 9.29 Å². The number of hydrogen-bond acceptors (Lipinski definition) is 7. The number of benzene rings is 2. The molecule has 8 nitrogen and oxygen atoms in total. The van der Waals surface area contributed by atoms with Crippen LogP contribution in [0.15, 0.2) is 70.2 Å². The summed E-state index contributed by atoms with van der Waals surface area (Å²) < 4.78 is 39.9. The van der Waals surface area contributed by atoms with Gasteiger partial charge < -0.3 is 9.15 Å². The van der Waals surface area contributed by atoms with E-state index in [1.807, 2.05) is 25.1 Å². The van der Waals surface area contributed by atoms with Crippen molar-refractivity contribution in [2.24, 2.45) is 5.92 Å². The Hall–Kier alpha value is -3.21. The van der Waals surface area contributed by atoms with Gasteiger partial charge in [0.25, 0.3) is 5.91 Å². The molecule has 0 saturated carbocycles. The number of furan rings is 1. The molecule has 194 valence electrons. The van der Waals surface area contributed by atoms with Crippen molar-refractivity contribution in [3.05, 3.63) is 72.2 Å². The average Bonchev–Trinajstić information content (AvgIpc) is 3.57. The van der Waals surface area contributed by atoms with Crippen LogP contribution in [0, 0.1) is 5.92 Å². The largest absolute Gasteiger partial charge is 0.494 e. The molecule has 5 rings (SSSR count). The second kappa shape index (κ2) is 10.6. The Bertz CT molecular complexity index is 1480.